The van der Waals surface area contributed by atoms with Gasteiger partial charge in [-0.05, 0) is 73.1 Å². The summed E-state index contributed by atoms with van der Waals surface area (Å²) in [4.78, 5) is 4.89. The van der Waals surface area contributed by atoms with Crippen LogP contribution in [0.2, 0.25) is 0 Å². The normalized spacial score (nSPS) is 31.0. The summed E-state index contributed by atoms with van der Waals surface area (Å²) in [6.07, 6.45) is 8.89. The molecule has 1 aromatic heterocycles. The minimum atomic E-state index is -0.0418. The topological polar surface area (TPSA) is 31.4 Å². The monoisotopic (exact) mass is 417 g/mol. The molecule has 2 aromatic carbocycles. The summed E-state index contributed by atoms with van der Waals surface area (Å²) in [7, 11) is 3.66. The Kier molecular flexibility index (Phi) is 4.29. The van der Waals surface area contributed by atoms with Crippen molar-refractivity contribution >= 4 is 27.6 Å². The Balaban J connectivity index is 1.45. The Morgan fingerprint density at radius 3 is 2.50 bits per heavy atom. The largest absolute Gasteiger partial charge is 0.494 e. The van der Waals surface area contributed by atoms with Gasteiger partial charge in [0.1, 0.15) is 16.3 Å². The smallest absolute Gasteiger partial charge is 0.146 e. The Morgan fingerprint density at radius 2 is 1.80 bits per heavy atom. The lowest BCUT2D eigenvalue weighted by atomic mass is 9.52. The molecule has 0 N–H and O–H groups in total. The quantitative estimate of drug-likeness (QED) is 0.480. The van der Waals surface area contributed by atoms with Gasteiger partial charge in [-0.25, -0.2) is 4.98 Å². The highest BCUT2D eigenvalue weighted by Crippen LogP contribution is 2.60. The van der Waals surface area contributed by atoms with Gasteiger partial charge in [0.25, 0.3) is 0 Å². The SMILES string of the molecule is COc1cc(C=C2C3CC4CC(C3)CC2(OC)C4)cc2sc(-c3ccccc3)nc12. The van der Waals surface area contributed by atoms with Crippen LogP contribution in [0.4, 0.5) is 0 Å². The molecule has 0 radical (unpaired) electrons. The molecular weight excluding hydrogens is 390 g/mol. The van der Waals surface area contributed by atoms with Crippen LogP contribution in [0.25, 0.3) is 26.9 Å². The van der Waals surface area contributed by atoms with E-state index in [0.717, 1.165) is 33.7 Å². The molecule has 0 spiro atoms. The third kappa shape index (κ3) is 2.84. The molecule has 4 aliphatic rings. The molecule has 30 heavy (non-hydrogen) atoms. The highest BCUT2D eigenvalue weighted by Gasteiger charge is 2.54. The highest BCUT2D eigenvalue weighted by molar-refractivity contribution is 7.21. The molecule has 1 heterocycles. The zero-order chi connectivity index (χ0) is 20.3. The standard InChI is InChI=1S/C26H27NO2S/c1-28-22-12-16(13-23-24(22)27-25(30-23)19-6-4-3-5-7-19)11-21-20-9-17-8-18(10-20)15-26(21,14-17)29-2/h3-7,11-13,17-18,20H,8-10,14-15H2,1-2H3. The number of nitrogens with zero attached hydrogens (tertiary/aromatic N) is 1. The van der Waals surface area contributed by atoms with Crippen LogP contribution in [0.3, 0.4) is 0 Å². The summed E-state index contributed by atoms with van der Waals surface area (Å²) in [5.41, 5.74) is 4.79. The van der Waals surface area contributed by atoms with E-state index in [-0.39, 0.29) is 5.60 Å². The third-order valence-electron chi connectivity index (χ3n) is 7.54. The molecule has 3 aromatic rings. The van der Waals surface area contributed by atoms with E-state index in [1.165, 1.54) is 47.9 Å². The molecule has 3 nitrogen and oxygen atoms in total. The van der Waals surface area contributed by atoms with Gasteiger partial charge in [0.05, 0.1) is 17.4 Å². The summed E-state index contributed by atoms with van der Waals surface area (Å²) in [5.74, 6) is 3.24. The van der Waals surface area contributed by atoms with Crippen molar-refractivity contribution in [2.24, 2.45) is 17.8 Å². The van der Waals surface area contributed by atoms with Crippen LogP contribution < -0.4 is 4.74 Å². The maximum Gasteiger partial charge on any atom is 0.146 e. The minimum Gasteiger partial charge on any atom is -0.494 e. The maximum absolute atomic E-state index is 6.23. The van der Waals surface area contributed by atoms with Crippen molar-refractivity contribution in [1.82, 2.24) is 4.98 Å². The molecule has 4 fully saturated rings. The van der Waals surface area contributed by atoms with Crippen LogP contribution >= 0.6 is 11.3 Å². The summed E-state index contributed by atoms with van der Waals surface area (Å²) < 4.78 is 13.2. The van der Waals surface area contributed by atoms with Crippen molar-refractivity contribution < 1.29 is 9.47 Å². The van der Waals surface area contributed by atoms with E-state index in [9.17, 15) is 0 Å². The van der Waals surface area contributed by atoms with E-state index in [4.69, 9.17) is 14.5 Å². The predicted octanol–water partition coefficient (Wildman–Crippen LogP) is 6.58. The summed E-state index contributed by atoms with van der Waals surface area (Å²) in [6, 6.07) is 14.8. The first kappa shape index (κ1) is 18.6. The van der Waals surface area contributed by atoms with Crippen LogP contribution in [-0.4, -0.2) is 24.8 Å². The van der Waals surface area contributed by atoms with E-state index in [1.807, 2.05) is 13.2 Å². The minimum absolute atomic E-state index is 0.0418. The summed E-state index contributed by atoms with van der Waals surface area (Å²) in [5, 5.41) is 1.04. The first-order chi connectivity index (χ1) is 14.7. The van der Waals surface area contributed by atoms with E-state index < -0.39 is 0 Å². The van der Waals surface area contributed by atoms with Crippen molar-refractivity contribution in [3.63, 3.8) is 0 Å². The molecule has 4 heteroatoms. The van der Waals surface area contributed by atoms with Gasteiger partial charge in [-0.2, -0.15) is 0 Å². The highest BCUT2D eigenvalue weighted by atomic mass is 32.1. The van der Waals surface area contributed by atoms with Crippen LogP contribution in [0.1, 0.15) is 37.7 Å². The first-order valence-corrected chi connectivity index (χ1v) is 11.8. The van der Waals surface area contributed by atoms with Crippen molar-refractivity contribution in [2.75, 3.05) is 14.2 Å². The summed E-state index contributed by atoms with van der Waals surface area (Å²) >= 11 is 1.74. The van der Waals surface area contributed by atoms with Gasteiger partial charge in [-0.3, -0.25) is 0 Å². The fourth-order valence-electron chi connectivity index (χ4n) is 6.45. The van der Waals surface area contributed by atoms with E-state index >= 15 is 0 Å². The molecule has 0 saturated heterocycles. The Morgan fingerprint density at radius 1 is 1.03 bits per heavy atom. The number of hydrogen-bond acceptors (Lipinski definition) is 4. The molecule has 4 bridgehead atoms. The fourth-order valence-corrected chi connectivity index (χ4v) is 7.49. The molecule has 154 valence electrons. The van der Waals surface area contributed by atoms with Crippen molar-refractivity contribution in [3.05, 3.63) is 53.6 Å². The van der Waals surface area contributed by atoms with Crippen LogP contribution in [0, 0.1) is 17.8 Å². The van der Waals surface area contributed by atoms with Crippen molar-refractivity contribution in [1.29, 1.82) is 0 Å². The lowest BCUT2D eigenvalue weighted by molar-refractivity contribution is -0.0997. The number of ether oxygens (including phenoxy) is 2. The number of aromatic nitrogens is 1. The second-order valence-electron chi connectivity index (χ2n) is 9.30. The van der Waals surface area contributed by atoms with Gasteiger partial charge in [0.2, 0.25) is 0 Å². The van der Waals surface area contributed by atoms with Gasteiger partial charge in [0, 0.05) is 12.7 Å². The van der Waals surface area contributed by atoms with Crippen molar-refractivity contribution in [2.45, 2.75) is 37.7 Å². The van der Waals surface area contributed by atoms with Crippen LogP contribution in [0.15, 0.2) is 48.0 Å². The third-order valence-corrected chi connectivity index (χ3v) is 8.59. The second kappa shape index (κ2) is 6.93. The number of methoxy groups -OCH3 is 2. The van der Waals surface area contributed by atoms with Gasteiger partial charge >= 0.3 is 0 Å². The van der Waals surface area contributed by atoms with Gasteiger partial charge in [0.15, 0.2) is 0 Å². The van der Waals surface area contributed by atoms with Crippen LogP contribution in [0.5, 0.6) is 5.75 Å². The van der Waals surface area contributed by atoms with E-state index in [2.05, 4.69) is 42.5 Å². The maximum atomic E-state index is 6.23. The predicted molar refractivity (Wildman–Crippen MR) is 123 cm³/mol. The van der Waals surface area contributed by atoms with Gasteiger partial charge < -0.3 is 9.47 Å². The molecule has 0 amide bonds. The van der Waals surface area contributed by atoms with Crippen molar-refractivity contribution in [3.8, 4) is 16.3 Å². The number of thiazole rings is 1. The Hall–Kier alpha value is -2.17. The molecule has 7 rings (SSSR count). The Labute approximate surface area is 181 Å². The molecule has 4 aliphatic carbocycles. The molecular formula is C26H27NO2S. The van der Waals surface area contributed by atoms with Gasteiger partial charge in [-0.1, -0.05) is 36.4 Å². The molecule has 4 saturated carbocycles. The molecule has 2 unspecified atom stereocenters. The van der Waals surface area contributed by atoms with E-state index in [1.54, 1.807) is 18.4 Å². The zero-order valence-electron chi connectivity index (χ0n) is 17.6. The first-order valence-electron chi connectivity index (χ1n) is 11.0. The number of hydrogen-bond donors (Lipinski definition) is 0. The van der Waals surface area contributed by atoms with E-state index in [0.29, 0.717) is 5.92 Å². The second-order valence-corrected chi connectivity index (χ2v) is 10.3. The Bertz CT molecular complexity index is 1120. The zero-order valence-corrected chi connectivity index (χ0v) is 18.4. The fraction of sp³-hybridized carbons (Fsp3) is 0.423. The number of rotatable bonds is 4. The summed E-state index contributed by atoms with van der Waals surface area (Å²) in [6.45, 7) is 0. The molecule has 2 atom stereocenters. The molecule has 0 aliphatic heterocycles. The van der Waals surface area contributed by atoms with Crippen LogP contribution in [-0.2, 0) is 4.74 Å². The number of benzene rings is 2. The average Bonchev–Trinajstić information content (AvgIpc) is 3.20. The number of fused-ring (bicyclic) bond motifs is 1. The van der Waals surface area contributed by atoms with Gasteiger partial charge in [-0.15, -0.1) is 11.3 Å². The lowest BCUT2D eigenvalue weighted by Crippen LogP contribution is -2.53. The average molecular weight is 418 g/mol. The lowest BCUT2D eigenvalue weighted by Gasteiger charge is -2.57.